The van der Waals surface area contributed by atoms with Gasteiger partial charge in [-0.1, -0.05) is 66.2 Å². The molecule has 0 aliphatic heterocycles. The zero-order valence-electron chi connectivity index (χ0n) is 16.3. The van der Waals surface area contributed by atoms with E-state index in [4.69, 9.17) is 0 Å². The number of hydrogen-bond acceptors (Lipinski definition) is 1. The maximum atomic E-state index is 10.8. The number of ketones is 1. The third-order valence-corrected chi connectivity index (χ3v) is 3.99. The Bertz CT molecular complexity index is 393. The molecule has 1 heteroatoms. The van der Waals surface area contributed by atoms with E-state index < -0.39 is 0 Å². The van der Waals surface area contributed by atoms with Crippen LogP contribution in [0.25, 0.3) is 0 Å². The Hall–Kier alpha value is -1.11. The van der Waals surface area contributed by atoms with Crippen LogP contribution >= 0.6 is 0 Å². The molecule has 0 radical (unpaired) electrons. The van der Waals surface area contributed by atoms with Crippen LogP contribution in [0.1, 0.15) is 83.9 Å². The molecule has 0 spiro atoms. The van der Waals surface area contributed by atoms with Gasteiger partial charge in [0.1, 0.15) is 5.78 Å². The normalized spacial score (nSPS) is 10.7. The summed E-state index contributed by atoms with van der Waals surface area (Å²) in [7, 11) is 0. The lowest BCUT2D eigenvalue weighted by Crippen LogP contribution is -1.99. The quantitative estimate of drug-likeness (QED) is 0.572. The van der Waals surface area contributed by atoms with Crippen molar-refractivity contribution in [2.75, 3.05) is 0 Å². The molecule has 0 aliphatic carbocycles. The molecule has 128 valence electrons. The van der Waals surface area contributed by atoms with Gasteiger partial charge in [-0.2, -0.15) is 0 Å². The molecule has 0 aromatic heterocycles. The predicted octanol–water partition coefficient (Wildman–Crippen LogP) is 6.68. The van der Waals surface area contributed by atoms with Crippen molar-refractivity contribution in [1.29, 1.82) is 0 Å². The van der Waals surface area contributed by atoms with E-state index in [1.807, 2.05) is 20.8 Å². The first-order valence-electron chi connectivity index (χ1n) is 9.02. The van der Waals surface area contributed by atoms with E-state index in [0.717, 1.165) is 25.2 Å². The largest absolute Gasteiger partial charge is 0.300 e. The molecule has 0 N–H and O–H groups in total. The van der Waals surface area contributed by atoms with Gasteiger partial charge in [-0.15, -0.1) is 0 Å². The summed E-state index contributed by atoms with van der Waals surface area (Å²) in [5.41, 5.74) is 4.22. The molecule has 1 rings (SSSR count). The van der Waals surface area contributed by atoms with Crippen molar-refractivity contribution in [3.8, 4) is 0 Å². The lowest BCUT2D eigenvalue weighted by molar-refractivity contribution is -0.119. The van der Waals surface area contributed by atoms with Crippen molar-refractivity contribution in [1.82, 2.24) is 0 Å². The van der Waals surface area contributed by atoms with E-state index in [2.05, 4.69) is 52.8 Å². The molecular weight excluding hydrogens is 268 g/mol. The van der Waals surface area contributed by atoms with Gasteiger partial charge in [0, 0.05) is 12.8 Å². The molecule has 0 bridgehead atoms. The van der Waals surface area contributed by atoms with E-state index in [-0.39, 0.29) is 0 Å². The number of benzene rings is 1. The summed E-state index contributed by atoms with van der Waals surface area (Å²) in [6, 6.07) is 6.64. The second-order valence-corrected chi connectivity index (χ2v) is 5.72. The minimum atomic E-state index is 0.403. The summed E-state index contributed by atoms with van der Waals surface area (Å²) in [5, 5.41) is 0. The molecule has 1 nitrogen and oxygen atoms in total. The molecule has 1 aromatic carbocycles. The second-order valence-electron chi connectivity index (χ2n) is 5.72. The molecule has 0 aliphatic rings. The van der Waals surface area contributed by atoms with Gasteiger partial charge in [0.2, 0.25) is 0 Å². The molecule has 0 saturated heterocycles. The molecule has 0 saturated carbocycles. The third kappa shape index (κ3) is 11.5. The highest BCUT2D eigenvalue weighted by Crippen LogP contribution is 2.10. The fourth-order valence-corrected chi connectivity index (χ4v) is 1.81. The van der Waals surface area contributed by atoms with Crippen molar-refractivity contribution in [2.24, 2.45) is 5.92 Å². The van der Waals surface area contributed by atoms with E-state index in [1.54, 1.807) is 0 Å². The molecular formula is C21H38O. The number of hydrogen-bond donors (Lipinski definition) is 0. The molecule has 1 unspecified atom stereocenters. The highest BCUT2D eigenvalue weighted by Gasteiger charge is 2.02. The van der Waals surface area contributed by atoms with Gasteiger partial charge < -0.3 is 0 Å². The third-order valence-electron chi connectivity index (χ3n) is 3.99. The van der Waals surface area contributed by atoms with E-state index in [9.17, 15) is 4.79 Å². The van der Waals surface area contributed by atoms with Crippen LogP contribution in [0.3, 0.4) is 0 Å². The van der Waals surface area contributed by atoms with Crippen LogP contribution < -0.4 is 0 Å². The number of carbonyl (C=O) groups is 1. The van der Waals surface area contributed by atoms with Gasteiger partial charge in [-0.25, -0.2) is 0 Å². The maximum Gasteiger partial charge on any atom is 0.132 e. The monoisotopic (exact) mass is 306 g/mol. The first kappa shape index (κ1) is 23.2. The lowest BCUT2D eigenvalue weighted by Gasteiger charge is -2.05. The van der Waals surface area contributed by atoms with Crippen molar-refractivity contribution < 1.29 is 4.79 Å². The number of rotatable bonds is 6. The average molecular weight is 307 g/mol. The minimum Gasteiger partial charge on any atom is -0.300 e. The van der Waals surface area contributed by atoms with Crippen LogP contribution in [0.2, 0.25) is 0 Å². The highest BCUT2D eigenvalue weighted by atomic mass is 16.1. The molecule has 22 heavy (non-hydrogen) atoms. The Morgan fingerprint density at radius 1 is 1.05 bits per heavy atom. The standard InChI is InChI=1S/C10H14.C9H18O.C2H6/c1-4-10-6-5-8(2)9(3)7-10;1-4-8(3)6-7-9(10)5-2;1-2/h5-7H,4H2,1-3H3;8H,4-7H2,1-3H3;1-2H3. The van der Waals surface area contributed by atoms with Crippen LogP contribution in [0, 0.1) is 19.8 Å². The van der Waals surface area contributed by atoms with Crippen LogP contribution in [-0.4, -0.2) is 5.78 Å². The van der Waals surface area contributed by atoms with E-state index >= 15 is 0 Å². The van der Waals surface area contributed by atoms with Crippen LogP contribution in [0.15, 0.2) is 18.2 Å². The zero-order chi connectivity index (χ0) is 17.5. The van der Waals surface area contributed by atoms with Gasteiger partial charge in [0.25, 0.3) is 0 Å². The molecule has 1 atom stereocenters. The van der Waals surface area contributed by atoms with Gasteiger partial charge in [0.15, 0.2) is 0 Å². The second kappa shape index (κ2) is 14.8. The van der Waals surface area contributed by atoms with Gasteiger partial charge in [-0.05, 0) is 49.3 Å². The van der Waals surface area contributed by atoms with Crippen LogP contribution in [-0.2, 0) is 11.2 Å². The van der Waals surface area contributed by atoms with Gasteiger partial charge in [-0.3, -0.25) is 4.79 Å². The first-order valence-corrected chi connectivity index (χ1v) is 9.02. The molecule has 0 fully saturated rings. The molecule has 0 heterocycles. The summed E-state index contributed by atoms with van der Waals surface area (Å²) in [5.74, 6) is 1.12. The van der Waals surface area contributed by atoms with E-state index in [0.29, 0.717) is 12.2 Å². The fraction of sp³-hybridized carbons (Fsp3) is 0.667. The van der Waals surface area contributed by atoms with Gasteiger partial charge in [0.05, 0.1) is 0 Å². The van der Waals surface area contributed by atoms with Crippen molar-refractivity contribution in [3.63, 3.8) is 0 Å². The van der Waals surface area contributed by atoms with Crippen LogP contribution in [0.4, 0.5) is 0 Å². The number of aryl methyl sites for hydroxylation is 3. The number of Topliss-reactive ketones (excluding diaryl/α,β-unsaturated/α-hetero) is 1. The Morgan fingerprint density at radius 3 is 2.05 bits per heavy atom. The van der Waals surface area contributed by atoms with E-state index in [1.165, 1.54) is 23.1 Å². The Morgan fingerprint density at radius 2 is 1.64 bits per heavy atom. The number of carbonyl (C=O) groups excluding carboxylic acids is 1. The Kier molecular flexibility index (Phi) is 15.6. The maximum absolute atomic E-state index is 10.8. The molecule has 0 amide bonds. The highest BCUT2D eigenvalue weighted by molar-refractivity contribution is 5.77. The first-order chi connectivity index (χ1) is 10.4. The summed E-state index contributed by atoms with van der Waals surface area (Å²) in [4.78, 5) is 10.8. The Labute approximate surface area is 139 Å². The lowest BCUT2D eigenvalue weighted by atomic mass is 10.0. The minimum absolute atomic E-state index is 0.403. The molecule has 1 aromatic rings. The summed E-state index contributed by atoms with van der Waals surface area (Å²) in [6.07, 6.45) is 4.89. The smallest absolute Gasteiger partial charge is 0.132 e. The summed E-state index contributed by atoms with van der Waals surface area (Å²) in [6.45, 7) is 16.8. The fourth-order valence-electron chi connectivity index (χ4n) is 1.81. The summed E-state index contributed by atoms with van der Waals surface area (Å²) < 4.78 is 0. The van der Waals surface area contributed by atoms with Crippen molar-refractivity contribution in [3.05, 3.63) is 34.9 Å². The predicted molar refractivity (Wildman–Crippen MR) is 101 cm³/mol. The zero-order valence-corrected chi connectivity index (χ0v) is 16.3. The van der Waals surface area contributed by atoms with Crippen molar-refractivity contribution in [2.45, 2.75) is 87.5 Å². The van der Waals surface area contributed by atoms with Gasteiger partial charge >= 0.3 is 0 Å². The van der Waals surface area contributed by atoms with Crippen LogP contribution in [0.5, 0.6) is 0 Å². The average Bonchev–Trinajstić information content (AvgIpc) is 2.57. The van der Waals surface area contributed by atoms with Crippen molar-refractivity contribution >= 4 is 5.78 Å². The SMILES string of the molecule is CC.CCC(=O)CCC(C)CC.CCc1ccc(C)c(C)c1. The topological polar surface area (TPSA) is 17.1 Å². The summed E-state index contributed by atoms with van der Waals surface area (Å²) >= 11 is 0. The Balaban J connectivity index is 0.